The van der Waals surface area contributed by atoms with E-state index in [2.05, 4.69) is 15.9 Å². The summed E-state index contributed by atoms with van der Waals surface area (Å²) in [6.07, 6.45) is 1.35. The third-order valence-corrected chi connectivity index (χ3v) is 3.73. The van der Waals surface area contributed by atoms with Crippen LogP contribution in [-0.2, 0) is 11.3 Å². The first-order valence-electron chi connectivity index (χ1n) is 6.77. The molecule has 0 fully saturated rings. The summed E-state index contributed by atoms with van der Waals surface area (Å²) >= 11 is 3.39. The van der Waals surface area contributed by atoms with Crippen LogP contribution in [0.2, 0.25) is 0 Å². The molecule has 2 rings (SSSR count). The second kappa shape index (κ2) is 7.26. The summed E-state index contributed by atoms with van der Waals surface area (Å²) in [5.74, 6) is -0.636. The van der Waals surface area contributed by atoms with Gasteiger partial charge in [-0.2, -0.15) is 0 Å². The van der Waals surface area contributed by atoms with Crippen LogP contribution in [0.4, 0.5) is 0 Å². The standard InChI is InChI=1S/C16H16BrNO4/c1-11-14(6-8-22-11)16(21)18(7-5-15(19)20)10-12-3-2-4-13(17)9-12/h2-4,6,8-9H,5,7,10H2,1H3,(H,19,20). The van der Waals surface area contributed by atoms with Gasteiger partial charge in [-0.25, -0.2) is 0 Å². The van der Waals surface area contributed by atoms with Crippen molar-refractivity contribution in [2.75, 3.05) is 6.54 Å². The maximum Gasteiger partial charge on any atom is 0.305 e. The average molecular weight is 366 g/mol. The van der Waals surface area contributed by atoms with Crippen LogP contribution in [0.3, 0.4) is 0 Å². The summed E-state index contributed by atoms with van der Waals surface area (Å²) in [5.41, 5.74) is 1.38. The van der Waals surface area contributed by atoms with Crippen LogP contribution in [0.1, 0.15) is 28.1 Å². The Morgan fingerprint density at radius 2 is 2.09 bits per heavy atom. The van der Waals surface area contributed by atoms with Crippen molar-refractivity contribution in [1.29, 1.82) is 0 Å². The van der Waals surface area contributed by atoms with Gasteiger partial charge in [-0.05, 0) is 30.7 Å². The molecule has 0 saturated carbocycles. The van der Waals surface area contributed by atoms with E-state index in [4.69, 9.17) is 9.52 Å². The van der Waals surface area contributed by atoms with E-state index in [-0.39, 0.29) is 18.9 Å². The van der Waals surface area contributed by atoms with Crippen molar-refractivity contribution < 1.29 is 19.1 Å². The summed E-state index contributed by atoms with van der Waals surface area (Å²) < 4.78 is 6.07. The highest BCUT2D eigenvalue weighted by molar-refractivity contribution is 9.10. The fourth-order valence-electron chi connectivity index (χ4n) is 2.12. The van der Waals surface area contributed by atoms with Gasteiger partial charge in [-0.3, -0.25) is 9.59 Å². The second-order valence-corrected chi connectivity index (χ2v) is 5.81. The third-order valence-electron chi connectivity index (χ3n) is 3.23. The summed E-state index contributed by atoms with van der Waals surface area (Å²) in [7, 11) is 0. The van der Waals surface area contributed by atoms with Gasteiger partial charge in [0.2, 0.25) is 0 Å². The number of carbonyl (C=O) groups excluding carboxylic acids is 1. The maximum absolute atomic E-state index is 12.6. The van der Waals surface area contributed by atoms with Crippen LogP contribution in [0, 0.1) is 6.92 Å². The number of aliphatic carboxylic acids is 1. The normalized spacial score (nSPS) is 10.5. The minimum absolute atomic E-state index is 0.101. The van der Waals surface area contributed by atoms with Gasteiger partial charge in [0.25, 0.3) is 5.91 Å². The third kappa shape index (κ3) is 4.21. The smallest absolute Gasteiger partial charge is 0.305 e. The molecule has 5 nitrogen and oxygen atoms in total. The molecule has 1 aromatic heterocycles. The molecule has 22 heavy (non-hydrogen) atoms. The first-order valence-corrected chi connectivity index (χ1v) is 7.56. The topological polar surface area (TPSA) is 70.8 Å². The van der Waals surface area contributed by atoms with Gasteiger partial charge in [0, 0.05) is 17.6 Å². The molecule has 0 unspecified atom stereocenters. The molecule has 1 aromatic carbocycles. The molecule has 0 atom stereocenters. The van der Waals surface area contributed by atoms with E-state index in [1.165, 1.54) is 11.2 Å². The number of aryl methyl sites for hydroxylation is 1. The van der Waals surface area contributed by atoms with E-state index in [9.17, 15) is 9.59 Å². The molecule has 0 aliphatic carbocycles. The lowest BCUT2D eigenvalue weighted by atomic mass is 10.1. The van der Waals surface area contributed by atoms with Crippen LogP contribution >= 0.6 is 15.9 Å². The zero-order chi connectivity index (χ0) is 16.1. The number of carbonyl (C=O) groups is 2. The summed E-state index contributed by atoms with van der Waals surface area (Å²) in [6, 6.07) is 9.18. The van der Waals surface area contributed by atoms with Gasteiger partial charge in [0.1, 0.15) is 5.76 Å². The molecule has 1 amide bonds. The van der Waals surface area contributed by atoms with Crippen molar-refractivity contribution in [3.05, 3.63) is 58.0 Å². The van der Waals surface area contributed by atoms with E-state index in [0.717, 1.165) is 10.0 Å². The number of hydrogen-bond acceptors (Lipinski definition) is 3. The number of rotatable bonds is 6. The predicted octanol–water partition coefficient (Wildman–Crippen LogP) is 3.47. The molecule has 2 aromatic rings. The van der Waals surface area contributed by atoms with Crippen molar-refractivity contribution in [3.8, 4) is 0 Å². The number of nitrogens with zero attached hydrogens (tertiary/aromatic N) is 1. The number of hydrogen-bond donors (Lipinski definition) is 1. The largest absolute Gasteiger partial charge is 0.481 e. The van der Waals surface area contributed by atoms with Gasteiger partial charge in [-0.1, -0.05) is 28.1 Å². The van der Waals surface area contributed by atoms with Crippen molar-refractivity contribution in [2.45, 2.75) is 19.9 Å². The van der Waals surface area contributed by atoms with Crippen molar-refractivity contribution in [3.63, 3.8) is 0 Å². The van der Waals surface area contributed by atoms with E-state index in [1.54, 1.807) is 13.0 Å². The van der Waals surface area contributed by atoms with Crippen LogP contribution in [-0.4, -0.2) is 28.4 Å². The zero-order valence-corrected chi connectivity index (χ0v) is 13.7. The fraction of sp³-hybridized carbons (Fsp3) is 0.250. The Labute approximate surface area is 136 Å². The number of amides is 1. The summed E-state index contributed by atoms with van der Waals surface area (Å²) in [6.45, 7) is 2.20. The zero-order valence-electron chi connectivity index (χ0n) is 12.1. The lowest BCUT2D eigenvalue weighted by Crippen LogP contribution is -2.32. The van der Waals surface area contributed by atoms with E-state index >= 15 is 0 Å². The van der Waals surface area contributed by atoms with E-state index < -0.39 is 5.97 Å². The molecule has 0 bridgehead atoms. The van der Waals surface area contributed by atoms with E-state index in [1.807, 2.05) is 24.3 Å². The molecule has 116 valence electrons. The van der Waals surface area contributed by atoms with Crippen molar-refractivity contribution >= 4 is 27.8 Å². The molecule has 0 aliphatic rings. The Kier molecular flexibility index (Phi) is 5.38. The summed E-state index contributed by atoms with van der Waals surface area (Å²) in [5, 5.41) is 8.88. The molecule has 0 aliphatic heterocycles. The van der Waals surface area contributed by atoms with Gasteiger partial charge in [0.15, 0.2) is 0 Å². The highest BCUT2D eigenvalue weighted by Gasteiger charge is 2.20. The molecule has 0 radical (unpaired) electrons. The molecule has 1 N–H and O–H groups in total. The molecule has 1 heterocycles. The second-order valence-electron chi connectivity index (χ2n) is 4.89. The minimum Gasteiger partial charge on any atom is -0.481 e. The van der Waals surface area contributed by atoms with Crippen LogP contribution in [0.25, 0.3) is 0 Å². The molecular weight excluding hydrogens is 350 g/mol. The van der Waals surface area contributed by atoms with Gasteiger partial charge >= 0.3 is 5.97 Å². The van der Waals surface area contributed by atoms with E-state index in [0.29, 0.717) is 17.9 Å². The van der Waals surface area contributed by atoms with Crippen molar-refractivity contribution in [1.82, 2.24) is 4.90 Å². The van der Waals surface area contributed by atoms with Gasteiger partial charge in [-0.15, -0.1) is 0 Å². The van der Waals surface area contributed by atoms with Crippen LogP contribution in [0.15, 0.2) is 45.5 Å². The number of halogens is 1. The number of carboxylic acid groups (broad SMARTS) is 1. The molecule has 0 saturated heterocycles. The lowest BCUT2D eigenvalue weighted by Gasteiger charge is -2.22. The highest BCUT2D eigenvalue weighted by atomic mass is 79.9. The first kappa shape index (κ1) is 16.3. The SMILES string of the molecule is Cc1occc1C(=O)N(CCC(=O)O)Cc1cccc(Br)c1. The Morgan fingerprint density at radius 1 is 1.32 bits per heavy atom. The quantitative estimate of drug-likeness (QED) is 0.850. The maximum atomic E-state index is 12.6. The van der Waals surface area contributed by atoms with Gasteiger partial charge in [0.05, 0.1) is 18.2 Å². The lowest BCUT2D eigenvalue weighted by molar-refractivity contribution is -0.137. The molecular formula is C16H16BrNO4. The number of carboxylic acids is 1. The number of furan rings is 1. The number of benzene rings is 1. The fourth-order valence-corrected chi connectivity index (χ4v) is 2.56. The predicted molar refractivity (Wildman–Crippen MR) is 84.6 cm³/mol. The average Bonchev–Trinajstić information content (AvgIpc) is 2.88. The van der Waals surface area contributed by atoms with Gasteiger partial charge < -0.3 is 14.4 Å². The molecule has 0 spiro atoms. The van der Waals surface area contributed by atoms with Crippen LogP contribution < -0.4 is 0 Å². The van der Waals surface area contributed by atoms with Crippen LogP contribution in [0.5, 0.6) is 0 Å². The van der Waals surface area contributed by atoms with Crippen molar-refractivity contribution in [2.24, 2.45) is 0 Å². The highest BCUT2D eigenvalue weighted by Crippen LogP contribution is 2.17. The minimum atomic E-state index is -0.934. The Morgan fingerprint density at radius 3 is 2.68 bits per heavy atom. The monoisotopic (exact) mass is 365 g/mol. The molecule has 6 heteroatoms. The Hall–Kier alpha value is -2.08. The Balaban J connectivity index is 2.20. The Bertz CT molecular complexity index is 680. The first-order chi connectivity index (χ1) is 10.5. The summed E-state index contributed by atoms with van der Waals surface area (Å²) in [4.78, 5) is 24.9.